The summed E-state index contributed by atoms with van der Waals surface area (Å²) < 4.78 is 25.9. The van der Waals surface area contributed by atoms with Gasteiger partial charge in [0.1, 0.15) is 0 Å². The monoisotopic (exact) mass is 366 g/mol. The van der Waals surface area contributed by atoms with Gasteiger partial charge < -0.3 is 0 Å². The molecule has 24 heavy (non-hydrogen) atoms. The van der Waals surface area contributed by atoms with Crippen molar-refractivity contribution in [3.63, 3.8) is 0 Å². The maximum atomic E-state index is 9.19. The quantitative estimate of drug-likeness (QED) is 0.340. The van der Waals surface area contributed by atoms with E-state index in [1.165, 1.54) is 76.2 Å². The summed E-state index contributed by atoms with van der Waals surface area (Å²) in [7, 11) is -3.67. The molecule has 0 aliphatic heterocycles. The molecule has 1 aromatic carbocycles. The fourth-order valence-corrected chi connectivity index (χ4v) is 2.46. The molecular weight excluding hydrogens is 331 g/mol. The number of rotatable bonds is 11. The van der Waals surface area contributed by atoms with Crippen molar-refractivity contribution in [1.29, 1.82) is 0 Å². The topological polar surface area (TPSA) is 54.4 Å². The molecule has 0 radical (unpaired) electrons. The van der Waals surface area contributed by atoms with Crippen LogP contribution < -0.4 is 0 Å². The van der Waals surface area contributed by atoms with Gasteiger partial charge in [0.2, 0.25) is 0 Å². The van der Waals surface area contributed by atoms with E-state index < -0.39 is 10.1 Å². The van der Waals surface area contributed by atoms with Crippen LogP contribution in [0.3, 0.4) is 0 Å². The van der Waals surface area contributed by atoms with Gasteiger partial charge in [0, 0.05) is 0 Å². The molecule has 1 aromatic rings. The molecule has 0 atom stereocenters. The minimum atomic E-state index is -3.67. The number of hydrogen-bond acceptors (Lipinski definition) is 2. The molecule has 0 heterocycles. The minimum absolute atomic E-state index is 0. The van der Waals surface area contributed by atoms with Gasteiger partial charge in [0.15, 0.2) is 0 Å². The first-order valence-electron chi connectivity index (χ1n) is 8.90. The Bertz CT molecular complexity index is 453. The molecule has 0 spiro atoms. The summed E-state index contributed by atoms with van der Waals surface area (Å²) in [6.07, 6.45) is 16.2. The Balaban J connectivity index is 0. The van der Waals surface area contributed by atoms with Crippen molar-refractivity contribution in [3.8, 4) is 0 Å². The summed E-state index contributed by atoms with van der Waals surface area (Å²) in [5.41, 5.74) is 1.50. The van der Waals surface area contributed by atoms with Crippen LogP contribution >= 0.6 is 0 Å². The van der Waals surface area contributed by atoms with Crippen LogP contribution in [0.15, 0.2) is 30.3 Å². The van der Waals surface area contributed by atoms with Crippen LogP contribution in [0.1, 0.15) is 76.7 Å². The fourth-order valence-electron chi connectivity index (χ4n) is 2.46. The summed E-state index contributed by atoms with van der Waals surface area (Å²) in [4.78, 5) is 0. The Hall–Kier alpha value is 0.130. The molecule has 0 aliphatic carbocycles. The van der Waals surface area contributed by atoms with Crippen molar-refractivity contribution < 1.29 is 13.0 Å². The van der Waals surface area contributed by atoms with E-state index >= 15 is 0 Å². The molecule has 0 aliphatic rings. The zero-order chi connectivity index (χ0) is 17.4. The zero-order valence-corrected chi connectivity index (χ0v) is 15.7. The summed E-state index contributed by atoms with van der Waals surface area (Å²) in [6.45, 7) is 2.28. The Kier molecular flexibility index (Phi) is 19.7. The van der Waals surface area contributed by atoms with Gasteiger partial charge in [-0.3, -0.25) is 4.55 Å². The normalized spacial score (nSPS) is 10.5. The van der Waals surface area contributed by atoms with Crippen LogP contribution in [0, 0.1) is 0 Å². The van der Waals surface area contributed by atoms with Crippen LogP contribution in [-0.2, 0) is 16.5 Å². The molecule has 3 nitrogen and oxygen atoms in total. The second kappa shape index (κ2) is 17.9. The second-order valence-electron chi connectivity index (χ2n) is 6.15. The van der Waals surface area contributed by atoms with Crippen molar-refractivity contribution in [2.24, 2.45) is 0 Å². The summed E-state index contributed by atoms with van der Waals surface area (Å²) in [5.74, 6) is 0. The van der Waals surface area contributed by atoms with Crippen LogP contribution in [0.2, 0.25) is 0 Å². The van der Waals surface area contributed by atoms with Crippen LogP contribution in [-0.4, -0.2) is 48.8 Å². The summed E-state index contributed by atoms with van der Waals surface area (Å²) in [5, 5.41) is 0. The third kappa shape index (κ3) is 24.4. The van der Waals surface area contributed by atoms with Gasteiger partial charge in [-0.25, -0.2) is 0 Å². The first kappa shape index (κ1) is 26.4. The Labute approximate surface area is 171 Å². The van der Waals surface area contributed by atoms with Crippen molar-refractivity contribution in [1.82, 2.24) is 0 Å². The molecule has 0 bridgehead atoms. The molecule has 1 N–H and O–H groups in total. The zero-order valence-electron chi connectivity index (χ0n) is 14.8. The van der Waals surface area contributed by atoms with Crippen molar-refractivity contribution in [3.05, 3.63) is 35.9 Å². The van der Waals surface area contributed by atoms with Gasteiger partial charge in [0.05, 0.1) is 6.26 Å². The van der Waals surface area contributed by atoms with Crippen molar-refractivity contribution >= 4 is 39.7 Å². The van der Waals surface area contributed by atoms with Gasteiger partial charge in [0.25, 0.3) is 10.1 Å². The van der Waals surface area contributed by atoms with E-state index in [0.717, 1.165) is 0 Å². The number of unbranched alkanes of at least 4 members (excludes halogenated alkanes) is 9. The van der Waals surface area contributed by atoms with E-state index in [1.54, 1.807) is 0 Å². The Morgan fingerprint density at radius 1 is 0.792 bits per heavy atom. The summed E-state index contributed by atoms with van der Waals surface area (Å²) >= 11 is 0. The Morgan fingerprint density at radius 2 is 1.17 bits per heavy atom. The molecule has 1 rings (SSSR count). The predicted molar refractivity (Wildman–Crippen MR) is 107 cm³/mol. The van der Waals surface area contributed by atoms with E-state index in [9.17, 15) is 8.42 Å². The van der Waals surface area contributed by atoms with E-state index in [2.05, 4.69) is 37.3 Å². The van der Waals surface area contributed by atoms with E-state index in [-0.39, 0.29) is 29.6 Å². The summed E-state index contributed by atoms with van der Waals surface area (Å²) in [6, 6.07) is 10.9. The molecule has 0 aromatic heterocycles. The number of benzene rings is 1. The third-order valence-electron chi connectivity index (χ3n) is 3.66. The molecule has 0 saturated heterocycles. The molecular formula is C19H35NaO3S. The average molecular weight is 367 g/mol. The average Bonchev–Trinajstić information content (AvgIpc) is 2.48. The van der Waals surface area contributed by atoms with Gasteiger partial charge in [-0.1, -0.05) is 95.0 Å². The standard InChI is InChI=1S/C18H30.CH4O3S.Na.H/c1-2-3-4-5-6-7-8-9-10-12-15-18-16-13-11-14-17-18;1-5(2,3)4;;/h11,13-14,16-17H,2-10,12,15H2,1H3;1H3,(H,2,3,4);;. The van der Waals surface area contributed by atoms with E-state index in [0.29, 0.717) is 6.26 Å². The first-order valence-corrected chi connectivity index (χ1v) is 10.7. The van der Waals surface area contributed by atoms with Crippen LogP contribution in [0.4, 0.5) is 0 Å². The molecule has 0 fully saturated rings. The third-order valence-corrected chi connectivity index (χ3v) is 3.66. The van der Waals surface area contributed by atoms with E-state index in [4.69, 9.17) is 4.55 Å². The predicted octanol–water partition coefficient (Wildman–Crippen LogP) is 5.01. The molecule has 5 heteroatoms. The molecule has 136 valence electrons. The van der Waals surface area contributed by atoms with Crippen molar-refractivity contribution in [2.45, 2.75) is 77.6 Å². The Morgan fingerprint density at radius 3 is 1.58 bits per heavy atom. The van der Waals surface area contributed by atoms with Crippen LogP contribution in [0.25, 0.3) is 0 Å². The molecule has 0 unspecified atom stereocenters. The fraction of sp³-hybridized carbons (Fsp3) is 0.684. The van der Waals surface area contributed by atoms with E-state index in [1.807, 2.05) is 0 Å². The van der Waals surface area contributed by atoms with Crippen molar-refractivity contribution in [2.75, 3.05) is 6.26 Å². The van der Waals surface area contributed by atoms with Gasteiger partial charge >= 0.3 is 29.6 Å². The first-order chi connectivity index (χ1) is 10.9. The number of aryl methyl sites for hydroxylation is 1. The van der Waals surface area contributed by atoms with Gasteiger partial charge in [-0.15, -0.1) is 0 Å². The van der Waals surface area contributed by atoms with Gasteiger partial charge in [-0.2, -0.15) is 8.42 Å². The maximum absolute atomic E-state index is 9.19. The molecule has 0 amide bonds. The molecule has 0 saturated carbocycles. The van der Waals surface area contributed by atoms with Crippen LogP contribution in [0.5, 0.6) is 0 Å². The van der Waals surface area contributed by atoms with Gasteiger partial charge in [-0.05, 0) is 18.4 Å². The number of hydrogen-bond donors (Lipinski definition) is 1. The SMILES string of the molecule is CCCCCCCCCCCCc1ccccc1.CS(=O)(=O)O.[NaH]. The second-order valence-corrected chi connectivity index (χ2v) is 7.62.